The van der Waals surface area contributed by atoms with E-state index in [2.05, 4.69) is 90.4 Å². The molecule has 12 heteroatoms. The van der Waals surface area contributed by atoms with Gasteiger partial charge < -0.3 is 19.3 Å². The molecule has 5 aliphatic rings. The molecule has 3 amide bonds. The van der Waals surface area contributed by atoms with Crippen molar-refractivity contribution in [2.24, 2.45) is 24.8 Å². The number of halogens is 1. The van der Waals surface area contributed by atoms with Crippen molar-refractivity contribution in [1.82, 2.24) is 29.9 Å². The van der Waals surface area contributed by atoms with Crippen LogP contribution in [0.4, 0.5) is 16.2 Å². The van der Waals surface area contributed by atoms with Crippen molar-refractivity contribution in [2.45, 2.75) is 57.3 Å². The Labute approximate surface area is 327 Å². The molecular formula is C43H50ClN9O2. The van der Waals surface area contributed by atoms with Gasteiger partial charge in [-0.25, -0.2) is 4.79 Å². The van der Waals surface area contributed by atoms with Crippen molar-refractivity contribution in [3.05, 3.63) is 76.7 Å². The van der Waals surface area contributed by atoms with E-state index in [-0.39, 0.29) is 11.9 Å². The molecule has 2 aromatic heterocycles. The fourth-order valence-corrected chi connectivity index (χ4v) is 10.3. The van der Waals surface area contributed by atoms with Gasteiger partial charge in [-0.15, -0.1) is 0 Å². The van der Waals surface area contributed by atoms with Crippen molar-refractivity contribution >= 4 is 56.7 Å². The van der Waals surface area contributed by atoms with Gasteiger partial charge in [0.05, 0.1) is 27.1 Å². The zero-order chi connectivity index (χ0) is 37.6. The van der Waals surface area contributed by atoms with Crippen LogP contribution >= 0.6 is 11.6 Å². The second kappa shape index (κ2) is 15.0. The highest BCUT2D eigenvalue weighted by molar-refractivity contribution is 6.36. The highest BCUT2D eigenvalue weighted by Gasteiger charge is 2.31. The van der Waals surface area contributed by atoms with Crippen LogP contribution < -0.4 is 15.1 Å². The van der Waals surface area contributed by atoms with E-state index in [1.807, 2.05) is 12.1 Å². The van der Waals surface area contributed by atoms with Gasteiger partial charge in [-0.1, -0.05) is 29.8 Å². The minimum atomic E-state index is -0.339. The number of nitrogens with zero attached hydrogens (tertiary/aromatic N) is 7. The Morgan fingerprint density at radius 2 is 1.80 bits per heavy atom. The number of aryl methyl sites for hydroxylation is 1. The van der Waals surface area contributed by atoms with Crippen LogP contribution in [0.1, 0.15) is 68.7 Å². The molecule has 0 bridgehead atoms. The molecule has 0 saturated carbocycles. The van der Waals surface area contributed by atoms with E-state index in [1.54, 1.807) is 4.90 Å². The van der Waals surface area contributed by atoms with E-state index in [9.17, 15) is 14.9 Å². The van der Waals surface area contributed by atoms with Crippen LogP contribution in [-0.2, 0) is 11.8 Å². The lowest BCUT2D eigenvalue weighted by atomic mass is 9.81. The molecular weight excluding hydrogens is 710 g/mol. The number of nitriles is 1. The van der Waals surface area contributed by atoms with Gasteiger partial charge in [0.25, 0.3) is 0 Å². The number of anilines is 2. The Balaban J connectivity index is 0.744. The summed E-state index contributed by atoms with van der Waals surface area (Å²) in [5.41, 5.74) is 7.06. The second-order valence-electron chi connectivity index (χ2n) is 16.4. The number of allylic oxidation sites excluding steroid dienone is 3. The number of amides is 3. The van der Waals surface area contributed by atoms with Crippen LogP contribution in [0, 0.1) is 29.1 Å². The highest BCUT2D eigenvalue weighted by Crippen LogP contribution is 2.39. The minimum Gasteiger partial charge on any atom is -0.372 e. The van der Waals surface area contributed by atoms with Gasteiger partial charge in [0, 0.05) is 81.1 Å². The van der Waals surface area contributed by atoms with E-state index in [0.717, 1.165) is 85.8 Å². The van der Waals surface area contributed by atoms with Gasteiger partial charge in [0.15, 0.2) is 5.69 Å². The van der Waals surface area contributed by atoms with E-state index >= 15 is 0 Å². The number of fused-ring (bicyclic) bond motifs is 2. The standard InChI is InChI=1S/C43H50ClN9O2/c1-49-38(23-31-6-9-34(24-39(31)49)53-22-16-40(54)46-43(53)55)30-14-18-50(19-15-30)26-28-12-20-51(21-13-28)33-7-4-29(5-8-33)32-3-2-17-52(27-32)37-11-10-35(44)41-36(25-45)47-48-42(37)41/h4,6-11,23-24,28-30,32H,2-3,5,12-22,26-27H2,1H3,(H,47,48)(H,46,54,55)/t29?,32-/m1/s1. The maximum atomic E-state index is 12.4. The average molecular weight is 760 g/mol. The Hall–Kier alpha value is -4.79. The van der Waals surface area contributed by atoms with E-state index in [0.29, 0.717) is 41.4 Å². The van der Waals surface area contributed by atoms with Crippen molar-refractivity contribution in [1.29, 1.82) is 5.26 Å². The smallest absolute Gasteiger partial charge is 0.328 e. The lowest BCUT2D eigenvalue weighted by molar-refractivity contribution is -0.120. The third-order valence-electron chi connectivity index (χ3n) is 13.2. The summed E-state index contributed by atoms with van der Waals surface area (Å²) in [5.74, 6) is 2.19. The van der Waals surface area contributed by atoms with Gasteiger partial charge in [-0.2, -0.15) is 10.4 Å². The number of rotatable bonds is 7. The third kappa shape index (κ3) is 7.00. The van der Waals surface area contributed by atoms with Gasteiger partial charge >= 0.3 is 6.03 Å². The number of hydrogen-bond acceptors (Lipinski definition) is 7. The number of hydrogen-bond donors (Lipinski definition) is 2. The lowest BCUT2D eigenvalue weighted by Gasteiger charge is -2.40. The number of imide groups is 1. The molecule has 55 heavy (non-hydrogen) atoms. The molecule has 2 aromatic carbocycles. The molecule has 4 aliphatic heterocycles. The molecule has 1 aliphatic carbocycles. The first-order valence-electron chi connectivity index (χ1n) is 20.2. The first-order chi connectivity index (χ1) is 26.8. The van der Waals surface area contributed by atoms with E-state index in [4.69, 9.17) is 11.6 Å². The maximum absolute atomic E-state index is 12.4. The van der Waals surface area contributed by atoms with Crippen LogP contribution in [0.3, 0.4) is 0 Å². The number of carbonyl (C=O) groups is 2. The number of benzene rings is 2. The minimum absolute atomic E-state index is 0.209. The van der Waals surface area contributed by atoms with E-state index in [1.165, 1.54) is 55.4 Å². The van der Waals surface area contributed by atoms with Gasteiger partial charge in [0.1, 0.15) is 6.07 Å². The molecule has 6 heterocycles. The summed E-state index contributed by atoms with van der Waals surface area (Å²) in [6.45, 7) is 8.15. The van der Waals surface area contributed by atoms with Gasteiger partial charge in [0.2, 0.25) is 5.91 Å². The molecule has 11 nitrogen and oxygen atoms in total. The average Bonchev–Trinajstić information content (AvgIpc) is 3.80. The van der Waals surface area contributed by atoms with Crippen LogP contribution in [0.2, 0.25) is 5.02 Å². The monoisotopic (exact) mass is 759 g/mol. The third-order valence-corrected chi connectivity index (χ3v) is 13.5. The number of aromatic nitrogens is 3. The molecule has 2 N–H and O–H groups in total. The predicted octanol–water partition coefficient (Wildman–Crippen LogP) is 7.29. The van der Waals surface area contributed by atoms with Crippen molar-refractivity contribution in [2.75, 3.05) is 62.2 Å². The number of likely N-dealkylation sites (tertiary alicyclic amines) is 2. The largest absolute Gasteiger partial charge is 0.372 e. The topological polar surface area (TPSA) is 117 Å². The summed E-state index contributed by atoms with van der Waals surface area (Å²) in [6, 6.07) is 14.3. The summed E-state index contributed by atoms with van der Waals surface area (Å²) in [4.78, 5) is 33.5. The molecule has 1 unspecified atom stereocenters. The molecule has 9 rings (SSSR count). The quantitative estimate of drug-likeness (QED) is 0.203. The van der Waals surface area contributed by atoms with Crippen LogP contribution in [-0.4, -0.2) is 88.9 Å². The fourth-order valence-electron chi connectivity index (χ4n) is 10.1. The Morgan fingerprint density at radius 3 is 2.56 bits per heavy atom. The number of aromatic amines is 1. The molecule has 4 saturated heterocycles. The Kier molecular flexibility index (Phi) is 9.81. The van der Waals surface area contributed by atoms with Crippen molar-refractivity contribution < 1.29 is 9.59 Å². The number of carbonyl (C=O) groups excluding carboxylic acids is 2. The summed E-state index contributed by atoms with van der Waals surface area (Å²) >= 11 is 6.47. The number of piperidine rings is 3. The van der Waals surface area contributed by atoms with Crippen LogP contribution in [0.15, 0.2) is 60.3 Å². The second-order valence-corrected chi connectivity index (χ2v) is 16.8. The Morgan fingerprint density at radius 1 is 0.964 bits per heavy atom. The molecule has 0 spiro atoms. The molecule has 4 fully saturated rings. The van der Waals surface area contributed by atoms with Crippen LogP contribution in [0.25, 0.3) is 21.8 Å². The highest BCUT2D eigenvalue weighted by atomic mass is 35.5. The summed E-state index contributed by atoms with van der Waals surface area (Å²) in [6.07, 6.45) is 16.0. The summed E-state index contributed by atoms with van der Waals surface area (Å²) in [7, 11) is 2.15. The van der Waals surface area contributed by atoms with Gasteiger partial charge in [-0.3, -0.25) is 20.1 Å². The SMILES string of the molecule is Cn1c(C2CCN(CC3CCN(C4=CCC([C@@H]5CCCN(c6ccc(Cl)c7c(C#N)n[nH]c67)C5)C=C4)CC3)CC2)cc2ccc(N3CCC(=O)NC3=O)cc21. The summed E-state index contributed by atoms with van der Waals surface area (Å²) < 4.78 is 2.31. The molecule has 286 valence electrons. The predicted molar refractivity (Wildman–Crippen MR) is 217 cm³/mol. The van der Waals surface area contributed by atoms with Crippen molar-refractivity contribution in [3.63, 3.8) is 0 Å². The number of nitrogens with one attached hydrogen (secondary N) is 2. The zero-order valence-corrected chi connectivity index (χ0v) is 32.4. The summed E-state index contributed by atoms with van der Waals surface area (Å²) in [5, 5.41) is 21.8. The van der Waals surface area contributed by atoms with Crippen LogP contribution in [0.5, 0.6) is 0 Å². The number of urea groups is 1. The fraction of sp³-hybridized carbons (Fsp3) is 0.488. The normalized spacial score (nSPS) is 23.4. The van der Waals surface area contributed by atoms with Crippen molar-refractivity contribution in [3.8, 4) is 6.07 Å². The number of H-pyrrole nitrogens is 1. The van der Waals surface area contributed by atoms with Gasteiger partial charge in [-0.05, 0) is 112 Å². The zero-order valence-electron chi connectivity index (χ0n) is 31.6. The maximum Gasteiger partial charge on any atom is 0.328 e. The van der Waals surface area contributed by atoms with E-state index < -0.39 is 0 Å². The Bertz CT molecular complexity index is 2220. The molecule has 0 radical (unpaired) electrons. The lowest BCUT2D eigenvalue weighted by Crippen LogP contribution is -2.49. The first kappa shape index (κ1) is 35.9. The molecule has 4 aromatic rings. The molecule has 2 atom stereocenters. The first-order valence-corrected chi connectivity index (χ1v) is 20.6.